The summed E-state index contributed by atoms with van der Waals surface area (Å²) in [5.74, 6) is 0.795. The molecule has 5 rings (SSSR count). The smallest absolute Gasteiger partial charge is 0.175 e. The summed E-state index contributed by atoms with van der Waals surface area (Å²) in [4.78, 5) is 6.19. The lowest BCUT2D eigenvalue weighted by Gasteiger charge is -2.29. The summed E-state index contributed by atoms with van der Waals surface area (Å²) < 4.78 is 5.70. The molecule has 3 N–H and O–H groups in total. The number of aromatic nitrogens is 1. The van der Waals surface area contributed by atoms with Crippen molar-refractivity contribution in [1.82, 2.24) is 9.88 Å². The van der Waals surface area contributed by atoms with Gasteiger partial charge < -0.3 is 20.4 Å². The van der Waals surface area contributed by atoms with E-state index in [4.69, 9.17) is 17.0 Å². The van der Waals surface area contributed by atoms with Crippen LogP contribution in [0.2, 0.25) is 0 Å². The fourth-order valence-electron chi connectivity index (χ4n) is 5.09. The lowest BCUT2D eigenvalue weighted by molar-refractivity contribution is 0.275. The summed E-state index contributed by atoms with van der Waals surface area (Å²) in [5, 5.41) is 8.42. The van der Waals surface area contributed by atoms with Crippen LogP contribution in [0, 0.1) is 6.92 Å². The number of para-hydroxylation sites is 2. The van der Waals surface area contributed by atoms with Gasteiger partial charge in [-0.2, -0.15) is 0 Å². The summed E-state index contributed by atoms with van der Waals surface area (Å²) in [6, 6.07) is 14.9. The maximum absolute atomic E-state index is 5.70. The predicted molar refractivity (Wildman–Crippen MR) is 138 cm³/mol. The number of nitrogens with zero attached hydrogens (tertiary/aromatic N) is 1. The van der Waals surface area contributed by atoms with Gasteiger partial charge in [-0.25, -0.2) is 0 Å². The largest absolute Gasteiger partial charge is 0.492 e. The van der Waals surface area contributed by atoms with Gasteiger partial charge in [0.1, 0.15) is 5.75 Å². The minimum atomic E-state index is 0.545. The highest BCUT2D eigenvalue weighted by molar-refractivity contribution is 7.80. The molecule has 1 saturated heterocycles. The third-order valence-electron chi connectivity index (χ3n) is 6.53. The Balaban J connectivity index is 1.38. The summed E-state index contributed by atoms with van der Waals surface area (Å²) in [6.45, 7) is 7.08. The van der Waals surface area contributed by atoms with Gasteiger partial charge in [0.25, 0.3) is 0 Å². The second-order valence-corrected chi connectivity index (χ2v) is 9.03. The molecule has 2 aromatic carbocycles. The lowest BCUT2D eigenvalue weighted by atomic mass is 9.92. The average Bonchev–Trinajstić information content (AvgIpc) is 3.37. The van der Waals surface area contributed by atoms with Crippen LogP contribution < -0.4 is 15.4 Å². The van der Waals surface area contributed by atoms with Crippen LogP contribution in [0.25, 0.3) is 16.5 Å². The number of aromatic amines is 1. The Kier molecular flexibility index (Phi) is 5.89. The van der Waals surface area contributed by atoms with E-state index in [1.54, 1.807) is 0 Å². The van der Waals surface area contributed by atoms with Crippen molar-refractivity contribution in [2.24, 2.45) is 0 Å². The van der Waals surface area contributed by atoms with Gasteiger partial charge in [-0.1, -0.05) is 18.2 Å². The van der Waals surface area contributed by atoms with E-state index in [0.29, 0.717) is 17.8 Å². The van der Waals surface area contributed by atoms with Gasteiger partial charge >= 0.3 is 0 Å². The lowest BCUT2D eigenvalue weighted by Crippen LogP contribution is -2.32. The van der Waals surface area contributed by atoms with Crippen LogP contribution >= 0.6 is 12.2 Å². The minimum Gasteiger partial charge on any atom is -0.492 e. The fourth-order valence-corrected chi connectivity index (χ4v) is 5.32. The van der Waals surface area contributed by atoms with Crippen LogP contribution in [0.3, 0.4) is 0 Å². The summed E-state index contributed by atoms with van der Waals surface area (Å²) in [5.41, 5.74) is 7.07. The monoisotopic (exact) mass is 446 g/mol. The second-order valence-electron chi connectivity index (χ2n) is 8.62. The highest BCUT2D eigenvalue weighted by Gasteiger charge is 2.29. The number of hydrogen-bond acceptors (Lipinski definition) is 3. The van der Waals surface area contributed by atoms with Gasteiger partial charge in [0, 0.05) is 40.4 Å². The molecule has 1 unspecified atom stereocenters. The van der Waals surface area contributed by atoms with E-state index in [0.717, 1.165) is 30.1 Å². The van der Waals surface area contributed by atoms with E-state index in [2.05, 4.69) is 51.7 Å². The van der Waals surface area contributed by atoms with Crippen molar-refractivity contribution in [3.63, 3.8) is 0 Å². The molecular weight excluding hydrogens is 416 g/mol. The van der Waals surface area contributed by atoms with Crippen molar-refractivity contribution < 1.29 is 4.74 Å². The van der Waals surface area contributed by atoms with Crippen molar-refractivity contribution in [3.8, 4) is 5.75 Å². The molecule has 1 fully saturated rings. The molecule has 3 heterocycles. The summed E-state index contributed by atoms with van der Waals surface area (Å²) in [7, 11) is 0. The molecule has 1 aromatic heterocycles. The average molecular weight is 447 g/mol. The Morgan fingerprint density at radius 3 is 2.97 bits per heavy atom. The van der Waals surface area contributed by atoms with E-state index >= 15 is 0 Å². The van der Waals surface area contributed by atoms with Gasteiger partial charge in [0.15, 0.2) is 5.11 Å². The standard InChI is InChI=1S/C26H30N4OS/c1-3-31-24-9-5-4-8-23(24)29-26(32)28-19-10-11-22-21(16-19)25(17(2)27-22)18-12-14-30-13-6-7-20(30)15-18/h4-5,8-12,16,20,27H,3,6-7,13-15H2,1-2H3,(H2,28,29,32). The van der Waals surface area contributed by atoms with E-state index in [1.807, 2.05) is 31.2 Å². The Morgan fingerprint density at radius 2 is 2.09 bits per heavy atom. The third kappa shape index (κ3) is 4.12. The normalized spacial score (nSPS) is 18.3. The van der Waals surface area contributed by atoms with Crippen LogP contribution in [0.4, 0.5) is 11.4 Å². The van der Waals surface area contributed by atoms with Gasteiger partial charge in [0.05, 0.1) is 12.3 Å². The molecular formula is C26H30N4OS. The first-order valence-electron chi connectivity index (χ1n) is 11.5. The molecule has 0 amide bonds. The molecule has 2 aliphatic rings. The molecule has 2 aliphatic heterocycles. The third-order valence-corrected chi connectivity index (χ3v) is 6.73. The van der Waals surface area contributed by atoms with Crippen LogP contribution in [-0.4, -0.2) is 40.7 Å². The number of fused-ring (bicyclic) bond motifs is 2. The topological polar surface area (TPSA) is 52.3 Å². The molecule has 3 aromatic rings. The quantitative estimate of drug-likeness (QED) is 0.424. The zero-order valence-electron chi connectivity index (χ0n) is 18.7. The summed E-state index contributed by atoms with van der Waals surface area (Å²) >= 11 is 5.60. The first-order chi connectivity index (χ1) is 15.6. The van der Waals surface area contributed by atoms with Gasteiger partial charge in [-0.3, -0.25) is 4.90 Å². The number of aryl methyl sites for hydroxylation is 1. The molecule has 1 atom stereocenters. The van der Waals surface area contributed by atoms with Crippen molar-refractivity contribution >= 4 is 45.2 Å². The van der Waals surface area contributed by atoms with Crippen LogP contribution in [0.5, 0.6) is 5.75 Å². The Morgan fingerprint density at radius 1 is 1.22 bits per heavy atom. The molecule has 0 aliphatic carbocycles. The van der Waals surface area contributed by atoms with E-state index < -0.39 is 0 Å². The zero-order chi connectivity index (χ0) is 22.1. The Hall–Kier alpha value is -2.83. The van der Waals surface area contributed by atoms with E-state index in [1.165, 1.54) is 47.1 Å². The van der Waals surface area contributed by atoms with E-state index in [9.17, 15) is 0 Å². The molecule has 32 heavy (non-hydrogen) atoms. The van der Waals surface area contributed by atoms with Gasteiger partial charge in [-0.05, 0) is 87.8 Å². The highest BCUT2D eigenvalue weighted by Crippen LogP contribution is 2.37. The SMILES string of the molecule is CCOc1ccccc1NC(=S)Nc1ccc2[nH]c(C)c(C3=CCN4CCCC4C3)c2c1. The Labute approximate surface area is 194 Å². The second kappa shape index (κ2) is 8.96. The molecule has 6 heteroatoms. The van der Waals surface area contributed by atoms with Crippen molar-refractivity contribution in [1.29, 1.82) is 0 Å². The maximum Gasteiger partial charge on any atom is 0.175 e. The van der Waals surface area contributed by atoms with Crippen molar-refractivity contribution in [2.45, 2.75) is 39.2 Å². The van der Waals surface area contributed by atoms with Crippen molar-refractivity contribution in [3.05, 3.63) is 59.8 Å². The predicted octanol–water partition coefficient (Wildman–Crippen LogP) is 5.94. The number of anilines is 2. The summed E-state index contributed by atoms with van der Waals surface area (Å²) in [6.07, 6.45) is 6.20. The van der Waals surface area contributed by atoms with Crippen LogP contribution in [0.15, 0.2) is 48.5 Å². The number of thiocarbonyl (C=S) groups is 1. The number of H-pyrrole nitrogens is 1. The first kappa shape index (κ1) is 21.0. The number of benzene rings is 2. The number of rotatable bonds is 5. The van der Waals surface area contributed by atoms with Crippen LogP contribution in [-0.2, 0) is 0 Å². The van der Waals surface area contributed by atoms with E-state index in [-0.39, 0.29) is 0 Å². The number of nitrogens with one attached hydrogen (secondary N) is 3. The Bertz CT molecular complexity index is 1180. The zero-order valence-corrected chi connectivity index (χ0v) is 19.5. The molecule has 166 valence electrons. The number of ether oxygens (including phenoxy) is 1. The number of hydrogen-bond donors (Lipinski definition) is 3. The first-order valence-corrected chi connectivity index (χ1v) is 11.9. The van der Waals surface area contributed by atoms with Gasteiger partial charge in [0.2, 0.25) is 0 Å². The van der Waals surface area contributed by atoms with Crippen molar-refractivity contribution in [2.75, 3.05) is 30.3 Å². The van der Waals surface area contributed by atoms with Gasteiger partial charge in [-0.15, -0.1) is 0 Å². The highest BCUT2D eigenvalue weighted by atomic mass is 32.1. The molecule has 0 bridgehead atoms. The molecule has 0 radical (unpaired) electrons. The molecule has 0 saturated carbocycles. The molecule has 5 nitrogen and oxygen atoms in total. The molecule has 0 spiro atoms. The fraction of sp³-hybridized carbons (Fsp3) is 0.346. The maximum atomic E-state index is 5.70. The minimum absolute atomic E-state index is 0.545. The van der Waals surface area contributed by atoms with Crippen LogP contribution in [0.1, 0.15) is 37.4 Å².